The first-order chi connectivity index (χ1) is 15.3. The molecule has 0 amide bonds. The number of alkyl halides is 3. The number of halogens is 4. The fourth-order valence-electron chi connectivity index (χ4n) is 3.66. The molecule has 6 nitrogen and oxygen atoms in total. The molecule has 5 rings (SSSR count). The van der Waals surface area contributed by atoms with E-state index in [2.05, 4.69) is 24.9 Å². The van der Waals surface area contributed by atoms with E-state index in [4.69, 9.17) is 11.6 Å². The molecule has 0 N–H and O–H groups in total. The minimum Gasteiger partial charge on any atom is -0.306 e. The first-order valence-electron chi connectivity index (χ1n) is 9.60. The third kappa shape index (κ3) is 3.34. The lowest BCUT2D eigenvalue weighted by Gasteiger charge is -2.19. The van der Waals surface area contributed by atoms with Crippen molar-refractivity contribution in [2.24, 2.45) is 0 Å². The quantitative estimate of drug-likeness (QED) is 0.349. The molecule has 32 heavy (non-hydrogen) atoms. The first-order valence-corrected chi connectivity index (χ1v) is 9.97. The van der Waals surface area contributed by atoms with Gasteiger partial charge in [0.15, 0.2) is 5.65 Å². The second-order valence-corrected chi connectivity index (χ2v) is 7.57. The van der Waals surface area contributed by atoms with Crippen molar-refractivity contribution in [1.82, 2.24) is 29.5 Å². The van der Waals surface area contributed by atoms with Crippen molar-refractivity contribution in [3.63, 3.8) is 0 Å². The maximum atomic E-state index is 13.7. The van der Waals surface area contributed by atoms with E-state index in [0.717, 1.165) is 6.07 Å². The third-order valence-corrected chi connectivity index (χ3v) is 5.54. The fraction of sp³-hybridized carbons (Fsp3) is 0.136. The van der Waals surface area contributed by atoms with E-state index in [1.807, 2.05) is 6.92 Å². The van der Waals surface area contributed by atoms with Crippen LogP contribution in [0.25, 0.3) is 33.5 Å². The zero-order valence-corrected chi connectivity index (χ0v) is 17.3. The van der Waals surface area contributed by atoms with Crippen molar-refractivity contribution in [2.45, 2.75) is 19.1 Å². The molecule has 0 aliphatic rings. The van der Waals surface area contributed by atoms with Crippen LogP contribution in [0.4, 0.5) is 13.2 Å². The molecular formula is C22H14ClF3N6. The first kappa shape index (κ1) is 20.3. The minimum atomic E-state index is -4.57. The second-order valence-electron chi connectivity index (χ2n) is 7.17. The van der Waals surface area contributed by atoms with Crippen LogP contribution in [-0.2, 0) is 6.18 Å². The molecule has 5 aromatic rings. The smallest absolute Gasteiger partial charge is 0.306 e. The van der Waals surface area contributed by atoms with Crippen molar-refractivity contribution in [2.75, 3.05) is 0 Å². The van der Waals surface area contributed by atoms with Gasteiger partial charge in [0.05, 0.1) is 46.1 Å². The highest BCUT2D eigenvalue weighted by atomic mass is 35.5. The number of nitrogens with zero attached hydrogens (tertiary/aromatic N) is 6. The summed E-state index contributed by atoms with van der Waals surface area (Å²) in [6.45, 7) is 1.85. The molecule has 0 aliphatic heterocycles. The molecule has 0 spiro atoms. The van der Waals surface area contributed by atoms with Gasteiger partial charge in [0.1, 0.15) is 17.4 Å². The standard InChI is InChI=1S/C22H14ClF3N6/c1-12(32-11-29-17-9-27-10-28-21(17)32)18-19(13-5-2-3-7-15(13)23)31-20-14(22(24,25)26)6-4-8-16(20)30-18/h2-12H,1H3/t12-/m1/s1. The lowest BCUT2D eigenvalue weighted by molar-refractivity contribution is -0.136. The number of para-hydroxylation sites is 1. The third-order valence-electron chi connectivity index (χ3n) is 5.21. The van der Waals surface area contributed by atoms with E-state index in [1.165, 1.54) is 18.5 Å². The molecule has 1 atom stereocenters. The molecule has 10 heteroatoms. The summed E-state index contributed by atoms with van der Waals surface area (Å²) >= 11 is 6.41. The van der Waals surface area contributed by atoms with Crippen LogP contribution in [0.15, 0.2) is 61.3 Å². The van der Waals surface area contributed by atoms with Crippen LogP contribution in [0, 0.1) is 0 Å². The number of aromatic nitrogens is 6. The Balaban J connectivity index is 1.81. The average molecular weight is 455 g/mol. The van der Waals surface area contributed by atoms with Gasteiger partial charge in [0.25, 0.3) is 0 Å². The molecule has 0 saturated heterocycles. The van der Waals surface area contributed by atoms with Crippen LogP contribution < -0.4 is 0 Å². The van der Waals surface area contributed by atoms with Crippen LogP contribution in [0.3, 0.4) is 0 Å². The van der Waals surface area contributed by atoms with Crippen LogP contribution in [0.2, 0.25) is 5.02 Å². The molecule has 3 aromatic heterocycles. The summed E-state index contributed by atoms with van der Waals surface area (Å²) in [6, 6.07) is 10.2. The minimum absolute atomic E-state index is 0.136. The van der Waals surface area contributed by atoms with Gasteiger partial charge in [-0.15, -0.1) is 0 Å². The van der Waals surface area contributed by atoms with Crippen molar-refractivity contribution in [1.29, 1.82) is 0 Å². The van der Waals surface area contributed by atoms with Crippen molar-refractivity contribution >= 4 is 33.8 Å². The summed E-state index contributed by atoms with van der Waals surface area (Å²) < 4.78 is 42.8. The Bertz CT molecular complexity index is 1460. The molecule has 0 radical (unpaired) electrons. The Morgan fingerprint density at radius 2 is 1.78 bits per heavy atom. The van der Waals surface area contributed by atoms with Crippen molar-refractivity contribution in [3.05, 3.63) is 77.6 Å². The van der Waals surface area contributed by atoms with E-state index < -0.39 is 17.8 Å². The number of rotatable bonds is 3. The molecule has 0 unspecified atom stereocenters. The average Bonchev–Trinajstić information content (AvgIpc) is 3.21. The van der Waals surface area contributed by atoms with E-state index in [0.29, 0.717) is 27.4 Å². The zero-order valence-electron chi connectivity index (χ0n) is 16.5. The lowest BCUT2D eigenvalue weighted by Crippen LogP contribution is -2.13. The highest BCUT2D eigenvalue weighted by Crippen LogP contribution is 2.38. The van der Waals surface area contributed by atoms with Gasteiger partial charge in [-0.2, -0.15) is 13.2 Å². The maximum absolute atomic E-state index is 13.7. The fourth-order valence-corrected chi connectivity index (χ4v) is 3.89. The summed E-state index contributed by atoms with van der Waals surface area (Å²) in [5.41, 5.74) is 1.42. The summed E-state index contributed by atoms with van der Waals surface area (Å²) in [6.07, 6.45) is 0.0149. The molecule has 0 aliphatic carbocycles. The Hall–Kier alpha value is -3.59. The molecule has 2 aromatic carbocycles. The van der Waals surface area contributed by atoms with Crippen LogP contribution in [-0.4, -0.2) is 29.5 Å². The zero-order chi connectivity index (χ0) is 22.5. The maximum Gasteiger partial charge on any atom is 0.418 e. The van der Waals surface area contributed by atoms with Gasteiger partial charge in [0.2, 0.25) is 0 Å². The number of hydrogen-bond acceptors (Lipinski definition) is 5. The molecule has 3 heterocycles. The normalized spacial score (nSPS) is 13.0. The van der Waals surface area contributed by atoms with Gasteiger partial charge in [0, 0.05) is 5.56 Å². The Morgan fingerprint density at radius 3 is 2.56 bits per heavy atom. The number of imidazole rings is 1. The summed E-state index contributed by atoms with van der Waals surface area (Å²) in [5, 5.41) is 0.358. The Morgan fingerprint density at radius 1 is 0.969 bits per heavy atom. The van der Waals surface area contributed by atoms with E-state index in [1.54, 1.807) is 41.4 Å². The number of fused-ring (bicyclic) bond motifs is 2. The van der Waals surface area contributed by atoms with Gasteiger partial charge in [-0.05, 0) is 25.1 Å². The molecular weight excluding hydrogens is 441 g/mol. The van der Waals surface area contributed by atoms with Gasteiger partial charge in [-0.25, -0.2) is 24.9 Å². The highest BCUT2D eigenvalue weighted by molar-refractivity contribution is 6.33. The Kier molecular flexibility index (Phi) is 4.78. The largest absolute Gasteiger partial charge is 0.418 e. The predicted molar refractivity (Wildman–Crippen MR) is 114 cm³/mol. The number of hydrogen-bond donors (Lipinski definition) is 0. The predicted octanol–water partition coefficient (Wildman–Crippen LogP) is 5.72. The van der Waals surface area contributed by atoms with E-state index in [-0.39, 0.29) is 16.7 Å². The number of benzene rings is 2. The van der Waals surface area contributed by atoms with Gasteiger partial charge < -0.3 is 4.57 Å². The van der Waals surface area contributed by atoms with Gasteiger partial charge in [-0.3, -0.25) is 0 Å². The second kappa shape index (κ2) is 7.52. The molecule has 0 fully saturated rings. The van der Waals surface area contributed by atoms with E-state index in [9.17, 15) is 13.2 Å². The van der Waals surface area contributed by atoms with Gasteiger partial charge >= 0.3 is 6.18 Å². The monoisotopic (exact) mass is 454 g/mol. The molecule has 0 bridgehead atoms. The highest BCUT2D eigenvalue weighted by Gasteiger charge is 2.34. The van der Waals surface area contributed by atoms with Gasteiger partial charge in [-0.1, -0.05) is 35.9 Å². The Labute approximate surface area is 184 Å². The van der Waals surface area contributed by atoms with Crippen molar-refractivity contribution in [3.8, 4) is 11.3 Å². The van der Waals surface area contributed by atoms with Crippen LogP contribution in [0.1, 0.15) is 24.2 Å². The summed E-state index contributed by atoms with van der Waals surface area (Å²) in [4.78, 5) is 21.6. The molecule has 160 valence electrons. The van der Waals surface area contributed by atoms with Crippen LogP contribution >= 0.6 is 11.6 Å². The van der Waals surface area contributed by atoms with E-state index >= 15 is 0 Å². The molecule has 0 saturated carbocycles. The lowest BCUT2D eigenvalue weighted by atomic mass is 10.0. The summed E-state index contributed by atoms with van der Waals surface area (Å²) in [5.74, 6) is 0. The topological polar surface area (TPSA) is 69.4 Å². The van der Waals surface area contributed by atoms with Crippen molar-refractivity contribution < 1.29 is 13.2 Å². The summed E-state index contributed by atoms with van der Waals surface area (Å²) in [7, 11) is 0. The van der Waals surface area contributed by atoms with Crippen LogP contribution in [0.5, 0.6) is 0 Å². The SMILES string of the molecule is C[C@H](c1nc2cccc(C(F)(F)F)c2nc1-c1ccccc1Cl)n1cnc2cncnc21.